The van der Waals surface area contributed by atoms with Crippen molar-refractivity contribution in [2.24, 2.45) is 11.3 Å². The van der Waals surface area contributed by atoms with E-state index in [-0.39, 0.29) is 48.5 Å². The molecule has 39 heavy (non-hydrogen) atoms. The first-order chi connectivity index (χ1) is 18.7. The van der Waals surface area contributed by atoms with Crippen LogP contribution in [0.5, 0.6) is 11.5 Å². The van der Waals surface area contributed by atoms with Crippen LogP contribution >= 0.6 is 0 Å². The van der Waals surface area contributed by atoms with Crippen molar-refractivity contribution in [1.82, 2.24) is 0 Å². The molecule has 0 radical (unpaired) electrons. The summed E-state index contributed by atoms with van der Waals surface area (Å²) in [5, 5.41) is 14.8. The number of carbonyl (C=O) groups excluding carboxylic acids is 4. The van der Waals surface area contributed by atoms with E-state index in [9.17, 15) is 24.3 Å². The Kier molecular flexibility index (Phi) is 6.82. The molecule has 1 heterocycles. The maximum Gasteiger partial charge on any atom is 0.225 e. The molecule has 8 heteroatoms. The van der Waals surface area contributed by atoms with E-state index >= 15 is 0 Å². The zero-order chi connectivity index (χ0) is 27.8. The number of ketones is 3. The molecule has 0 bridgehead atoms. The Morgan fingerprint density at radius 2 is 1.44 bits per heavy atom. The summed E-state index contributed by atoms with van der Waals surface area (Å²) in [6.45, 7) is 0. The molecule has 1 aliphatic heterocycles. The van der Waals surface area contributed by atoms with Crippen molar-refractivity contribution >= 4 is 28.9 Å². The SMILES string of the molecule is COc1ccc(C(=O)[C@H]2C[C@@]3(CC[C@]2(O)C(=O)c2ccc(OC)cc2)CC(=O)Nc2ccccc2C3=O)cc1. The first-order valence-electron chi connectivity index (χ1n) is 12.7. The summed E-state index contributed by atoms with van der Waals surface area (Å²) in [7, 11) is 3.01. The number of hydrogen-bond acceptors (Lipinski definition) is 7. The number of ether oxygens (including phenoxy) is 2. The van der Waals surface area contributed by atoms with E-state index in [0.29, 0.717) is 22.7 Å². The first kappa shape index (κ1) is 26.3. The number of hydrogen-bond donors (Lipinski definition) is 2. The van der Waals surface area contributed by atoms with Gasteiger partial charge in [0, 0.05) is 28.5 Å². The van der Waals surface area contributed by atoms with E-state index in [1.165, 1.54) is 14.2 Å². The van der Waals surface area contributed by atoms with E-state index in [4.69, 9.17) is 9.47 Å². The number of rotatable bonds is 6. The van der Waals surface area contributed by atoms with Crippen molar-refractivity contribution < 1.29 is 33.8 Å². The normalized spacial score (nSPS) is 24.3. The fraction of sp³-hybridized carbons (Fsp3) is 0.290. The van der Waals surface area contributed by atoms with Gasteiger partial charge in [-0.05, 0) is 79.9 Å². The molecule has 1 aliphatic carbocycles. The summed E-state index contributed by atoms with van der Waals surface area (Å²) in [4.78, 5) is 54.8. The van der Waals surface area contributed by atoms with Gasteiger partial charge in [-0.2, -0.15) is 0 Å². The number of nitrogens with one attached hydrogen (secondary N) is 1. The van der Waals surface area contributed by atoms with Gasteiger partial charge in [-0.25, -0.2) is 0 Å². The standard InChI is InChI=1S/C31H29NO7/c1-38-21-11-7-19(8-12-21)27(34)24-17-30(18-26(33)32-25-6-4-3-5-23(25)29(30)36)15-16-31(24,37)28(35)20-9-13-22(39-2)14-10-20/h3-14,24,37H,15-18H2,1-2H3,(H,32,33)/t24-,30+,31-/m1/s1. The maximum absolute atomic E-state index is 14.0. The molecule has 3 aromatic carbocycles. The van der Waals surface area contributed by atoms with Crippen LogP contribution in [0.25, 0.3) is 0 Å². The summed E-state index contributed by atoms with van der Waals surface area (Å²) in [6.07, 6.45) is -0.402. The third kappa shape index (κ3) is 4.61. The Balaban J connectivity index is 1.59. The lowest BCUT2D eigenvalue weighted by molar-refractivity contribution is -0.119. The predicted octanol–water partition coefficient (Wildman–Crippen LogP) is 4.51. The van der Waals surface area contributed by atoms with Crippen LogP contribution in [0.2, 0.25) is 0 Å². The number of carbonyl (C=O) groups is 4. The first-order valence-corrected chi connectivity index (χ1v) is 12.7. The highest BCUT2D eigenvalue weighted by Crippen LogP contribution is 2.52. The topological polar surface area (TPSA) is 119 Å². The quantitative estimate of drug-likeness (QED) is 0.453. The van der Waals surface area contributed by atoms with Gasteiger partial charge in [0.2, 0.25) is 5.91 Å². The number of Topliss-reactive ketones (excluding diaryl/α,β-unsaturated/α-hetero) is 3. The van der Waals surface area contributed by atoms with E-state index in [1.54, 1.807) is 72.8 Å². The molecule has 2 aliphatic rings. The Morgan fingerprint density at radius 3 is 2.05 bits per heavy atom. The molecule has 1 spiro atoms. The molecule has 5 rings (SSSR count). The van der Waals surface area contributed by atoms with Gasteiger partial charge in [0.25, 0.3) is 0 Å². The number of amides is 1. The van der Waals surface area contributed by atoms with Crippen LogP contribution in [0.4, 0.5) is 5.69 Å². The molecule has 3 atom stereocenters. The van der Waals surface area contributed by atoms with Crippen LogP contribution in [-0.2, 0) is 4.79 Å². The molecule has 2 N–H and O–H groups in total. The molecular formula is C31H29NO7. The monoisotopic (exact) mass is 527 g/mol. The summed E-state index contributed by atoms with van der Waals surface area (Å²) in [6, 6.07) is 19.4. The Labute approximate surface area is 225 Å². The van der Waals surface area contributed by atoms with Crippen molar-refractivity contribution in [3.05, 3.63) is 89.5 Å². The Morgan fingerprint density at radius 1 is 0.846 bits per heavy atom. The molecule has 1 saturated carbocycles. The second-order valence-corrected chi connectivity index (χ2v) is 10.2. The molecule has 0 unspecified atom stereocenters. The van der Waals surface area contributed by atoms with Crippen LogP contribution in [0.3, 0.4) is 0 Å². The van der Waals surface area contributed by atoms with Gasteiger partial charge in [0.1, 0.15) is 17.1 Å². The fourth-order valence-corrected chi connectivity index (χ4v) is 5.82. The highest BCUT2D eigenvalue weighted by atomic mass is 16.5. The third-order valence-electron chi connectivity index (χ3n) is 8.02. The number of anilines is 1. The second kappa shape index (κ2) is 10.1. The maximum atomic E-state index is 14.0. The number of aliphatic hydroxyl groups is 1. The average Bonchev–Trinajstić information content (AvgIpc) is 3.07. The van der Waals surface area contributed by atoms with Gasteiger partial charge < -0.3 is 19.9 Å². The molecule has 3 aromatic rings. The molecule has 1 fully saturated rings. The van der Waals surface area contributed by atoms with Crippen LogP contribution in [0.1, 0.15) is 56.8 Å². The minimum Gasteiger partial charge on any atom is -0.497 e. The molecule has 8 nitrogen and oxygen atoms in total. The van der Waals surface area contributed by atoms with Crippen molar-refractivity contribution in [3.63, 3.8) is 0 Å². The van der Waals surface area contributed by atoms with Gasteiger partial charge >= 0.3 is 0 Å². The summed E-state index contributed by atoms with van der Waals surface area (Å²) < 4.78 is 10.4. The summed E-state index contributed by atoms with van der Waals surface area (Å²) in [5.74, 6) is -1.90. The van der Waals surface area contributed by atoms with Crippen LogP contribution in [0, 0.1) is 11.3 Å². The van der Waals surface area contributed by atoms with Gasteiger partial charge in [-0.15, -0.1) is 0 Å². The summed E-state index contributed by atoms with van der Waals surface area (Å²) >= 11 is 0. The average molecular weight is 528 g/mol. The highest BCUT2D eigenvalue weighted by molar-refractivity contribution is 6.14. The Bertz CT molecular complexity index is 1450. The molecular weight excluding hydrogens is 498 g/mol. The summed E-state index contributed by atoms with van der Waals surface area (Å²) in [5.41, 5.74) is -2.08. The van der Waals surface area contributed by atoms with Crippen molar-refractivity contribution in [1.29, 1.82) is 0 Å². The molecule has 0 aromatic heterocycles. The van der Waals surface area contributed by atoms with Gasteiger partial charge in [0.15, 0.2) is 17.3 Å². The molecule has 0 saturated heterocycles. The molecule has 200 valence electrons. The zero-order valence-electron chi connectivity index (χ0n) is 21.7. The lowest BCUT2D eigenvalue weighted by Gasteiger charge is -2.46. The minimum absolute atomic E-state index is 0.0678. The lowest BCUT2D eigenvalue weighted by atomic mass is 9.57. The van der Waals surface area contributed by atoms with Gasteiger partial charge in [0.05, 0.1) is 25.8 Å². The third-order valence-corrected chi connectivity index (χ3v) is 8.02. The zero-order valence-corrected chi connectivity index (χ0v) is 21.7. The number of benzene rings is 3. The molecule has 1 amide bonds. The van der Waals surface area contributed by atoms with E-state index in [2.05, 4.69) is 5.32 Å². The van der Waals surface area contributed by atoms with Crippen LogP contribution in [-0.4, -0.2) is 48.2 Å². The fourth-order valence-electron chi connectivity index (χ4n) is 5.82. The van der Waals surface area contributed by atoms with Crippen LogP contribution in [0.15, 0.2) is 72.8 Å². The van der Waals surface area contributed by atoms with Crippen molar-refractivity contribution in [3.8, 4) is 11.5 Å². The van der Waals surface area contributed by atoms with E-state index < -0.39 is 28.5 Å². The highest BCUT2D eigenvalue weighted by Gasteiger charge is 2.58. The number of para-hydroxylation sites is 1. The van der Waals surface area contributed by atoms with E-state index in [1.807, 2.05) is 0 Å². The largest absolute Gasteiger partial charge is 0.497 e. The van der Waals surface area contributed by atoms with E-state index in [0.717, 1.165) is 0 Å². The lowest BCUT2D eigenvalue weighted by Crippen LogP contribution is -2.56. The smallest absolute Gasteiger partial charge is 0.225 e. The van der Waals surface area contributed by atoms with Gasteiger partial charge in [-0.3, -0.25) is 19.2 Å². The number of fused-ring (bicyclic) bond motifs is 1. The van der Waals surface area contributed by atoms with Crippen molar-refractivity contribution in [2.45, 2.75) is 31.3 Å². The van der Waals surface area contributed by atoms with Gasteiger partial charge in [-0.1, -0.05) is 12.1 Å². The Hall–Kier alpha value is -4.30. The van der Waals surface area contributed by atoms with Crippen molar-refractivity contribution in [2.75, 3.05) is 19.5 Å². The second-order valence-electron chi connectivity index (χ2n) is 10.2. The predicted molar refractivity (Wildman–Crippen MR) is 143 cm³/mol. The number of methoxy groups -OCH3 is 2. The minimum atomic E-state index is -2.08. The van der Waals surface area contributed by atoms with Crippen LogP contribution < -0.4 is 14.8 Å².